The van der Waals surface area contributed by atoms with Crippen molar-refractivity contribution in [3.8, 4) is 0 Å². The third-order valence-electron chi connectivity index (χ3n) is 4.59. The summed E-state index contributed by atoms with van der Waals surface area (Å²) in [6.45, 7) is 6.72. The van der Waals surface area contributed by atoms with Crippen molar-refractivity contribution in [2.45, 2.75) is 58.1 Å². The van der Waals surface area contributed by atoms with Crippen LogP contribution in [0.25, 0.3) is 0 Å². The second kappa shape index (κ2) is 5.57. The van der Waals surface area contributed by atoms with Gasteiger partial charge in [0.05, 0.1) is 11.5 Å². The highest BCUT2D eigenvalue weighted by atomic mass is 16.5. The number of hydrogen-bond acceptors (Lipinski definition) is 3. The van der Waals surface area contributed by atoms with Crippen LogP contribution in [-0.2, 0) is 9.53 Å². The van der Waals surface area contributed by atoms with E-state index in [2.05, 4.69) is 18.7 Å². The maximum Gasteiger partial charge on any atom is 0.310 e. The molecule has 2 fully saturated rings. The Morgan fingerprint density at radius 2 is 2.33 bits per heavy atom. The number of likely N-dealkylation sites (tertiary alicyclic amines) is 1. The lowest BCUT2D eigenvalue weighted by molar-refractivity contribution is -0.154. The highest BCUT2D eigenvalue weighted by molar-refractivity contribution is 5.75. The van der Waals surface area contributed by atoms with Gasteiger partial charge in [-0.1, -0.05) is 13.3 Å². The molecule has 104 valence electrons. The molecule has 0 radical (unpaired) electrons. The molecule has 0 aromatic heterocycles. The summed E-state index contributed by atoms with van der Waals surface area (Å²) >= 11 is 0. The molecule has 4 nitrogen and oxygen atoms in total. The Hall–Kier alpha value is -0.610. The first-order chi connectivity index (χ1) is 8.59. The van der Waals surface area contributed by atoms with Crippen molar-refractivity contribution in [1.29, 1.82) is 0 Å². The molecule has 2 heterocycles. The topological polar surface area (TPSA) is 49.8 Å². The molecule has 0 aromatic carbocycles. The van der Waals surface area contributed by atoms with E-state index >= 15 is 0 Å². The number of rotatable bonds is 4. The summed E-state index contributed by atoms with van der Waals surface area (Å²) in [4.78, 5) is 14.0. The monoisotopic (exact) mass is 255 g/mol. The summed E-state index contributed by atoms with van der Waals surface area (Å²) in [5.74, 6) is -0.611. The van der Waals surface area contributed by atoms with Gasteiger partial charge in [-0.3, -0.25) is 9.69 Å². The van der Waals surface area contributed by atoms with Gasteiger partial charge in [-0.25, -0.2) is 0 Å². The second-order valence-electron chi connectivity index (χ2n) is 5.84. The Labute approximate surface area is 109 Å². The minimum absolute atomic E-state index is 0.247. The maximum absolute atomic E-state index is 11.7. The Kier molecular flexibility index (Phi) is 4.28. The molecule has 0 amide bonds. The molecule has 0 saturated carbocycles. The van der Waals surface area contributed by atoms with E-state index in [4.69, 9.17) is 4.74 Å². The number of ether oxygens (including phenoxy) is 1. The number of carboxylic acids is 1. The standard InChI is InChI=1S/C14H25NO3/c1-3-6-14(13(16)17)7-4-8-15(10-14)12-5-9-18-11(12)2/h11-12H,3-10H2,1-2H3,(H,16,17). The SMILES string of the molecule is CCCC1(C(=O)O)CCCN(C2CCOC2C)C1. The summed E-state index contributed by atoms with van der Waals surface area (Å²) in [5, 5.41) is 9.59. The van der Waals surface area contributed by atoms with Gasteiger partial charge in [-0.2, -0.15) is 0 Å². The third kappa shape index (κ3) is 2.54. The summed E-state index contributed by atoms with van der Waals surface area (Å²) in [5.41, 5.74) is -0.519. The van der Waals surface area contributed by atoms with Crippen LogP contribution in [0, 0.1) is 5.41 Å². The molecule has 3 unspecified atom stereocenters. The Morgan fingerprint density at radius 1 is 1.56 bits per heavy atom. The number of hydrogen-bond donors (Lipinski definition) is 1. The van der Waals surface area contributed by atoms with Crippen molar-refractivity contribution in [2.75, 3.05) is 19.7 Å². The molecular formula is C14H25NO3. The lowest BCUT2D eigenvalue weighted by Crippen LogP contribution is -2.52. The van der Waals surface area contributed by atoms with Crippen LogP contribution in [0.15, 0.2) is 0 Å². The minimum atomic E-state index is -0.611. The molecule has 1 N–H and O–H groups in total. The molecule has 0 aromatic rings. The molecule has 3 atom stereocenters. The predicted octanol–water partition coefficient (Wildman–Crippen LogP) is 2.13. The van der Waals surface area contributed by atoms with Gasteiger partial charge in [-0.15, -0.1) is 0 Å². The van der Waals surface area contributed by atoms with E-state index in [9.17, 15) is 9.90 Å². The summed E-state index contributed by atoms with van der Waals surface area (Å²) in [6, 6.07) is 0.417. The fourth-order valence-corrected chi connectivity index (χ4v) is 3.61. The molecule has 2 rings (SSSR count). The number of carboxylic acid groups (broad SMARTS) is 1. The van der Waals surface area contributed by atoms with Crippen LogP contribution in [0.5, 0.6) is 0 Å². The van der Waals surface area contributed by atoms with Gasteiger partial charge in [0, 0.05) is 19.2 Å². The van der Waals surface area contributed by atoms with Crippen LogP contribution < -0.4 is 0 Å². The van der Waals surface area contributed by atoms with E-state index in [0.29, 0.717) is 12.6 Å². The zero-order valence-corrected chi connectivity index (χ0v) is 11.5. The van der Waals surface area contributed by atoms with E-state index in [-0.39, 0.29) is 6.10 Å². The Balaban J connectivity index is 2.08. The number of carbonyl (C=O) groups is 1. The lowest BCUT2D eigenvalue weighted by atomic mass is 9.76. The largest absolute Gasteiger partial charge is 0.481 e. The highest BCUT2D eigenvalue weighted by Gasteiger charge is 2.44. The molecule has 2 aliphatic rings. The number of aliphatic carboxylic acids is 1. The summed E-state index contributed by atoms with van der Waals surface area (Å²) in [6.07, 6.45) is 4.85. The van der Waals surface area contributed by atoms with Crippen molar-refractivity contribution in [2.24, 2.45) is 5.41 Å². The van der Waals surface area contributed by atoms with E-state index in [1.807, 2.05) is 0 Å². The maximum atomic E-state index is 11.7. The van der Waals surface area contributed by atoms with Gasteiger partial charge in [0.1, 0.15) is 0 Å². The first-order valence-electron chi connectivity index (χ1n) is 7.18. The van der Waals surface area contributed by atoms with Crippen molar-refractivity contribution in [3.05, 3.63) is 0 Å². The average Bonchev–Trinajstić information content (AvgIpc) is 2.76. The second-order valence-corrected chi connectivity index (χ2v) is 5.84. The Morgan fingerprint density at radius 3 is 2.89 bits per heavy atom. The Bertz CT molecular complexity index is 303. The van der Waals surface area contributed by atoms with E-state index < -0.39 is 11.4 Å². The zero-order valence-electron chi connectivity index (χ0n) is 11.5. The summed E-state index contributed by atoms with van der Waals surface area (Å²) < 4.78 is 5.62. The van der Waals surface area contributed by atoms with Gasteiger partial charge >= 0.3 is 5.97 Å². The normalized spacial score (nSPS) is 37.9. The van der Waals surface area contributed by atoms with Crippen molar-refractivity contribution >= 4 is 5.97 Å². The fraction of sp³-hybridized carbons (Fsp3) is 0.929. The first-order valence-corrected chi connectivity index (χ1v) is 7.18. The molecule has 0 bridgehead atoms. The molecule has 0 spiro atoms. The van der Waals surface area contributed by atoms with Crippen molar-refractivity contribution < 1.29 is 14.6 Å². The molecule has 2 saturated heterocycles. The van der Waals surface area contributed by atoms with Gasteiger partial charge in [0.15, 0.2) is 0 Å². The fourth-order valence-electron chi connectivity index (χ4n) is 3.61. The van der Waals surface area contributed by atoms with Gasteiger partial charge in [0.25, 0.3) is 0 Å². The zero-order chi connectivity index (χ0) is 13.2. The average molecular weight is 255 g/mol. The highest BCUT2D eigenvalue weighted by Crippen LogP contribution is 2.37. The third-order valence-corrected chi connectivity index (χ3v) is 4.59. The van der Waals surface area contributed by atoms with E-state index in [1.54, 1.807) is 0 Å². The van der Waals surface area contributed by atoms with Crippen LogP contribution in [0.1, 0.15) is 46.0 Å². The van der Waals surface area contributed by atoms with Crippen LogP contribution in [-0.4, -0.2) is 47.8 Å². The molecule has 4 heteroatoms. The van der Waals surface area contributed by atoms with Crippen LogP contribution >= 0.6 is 0 Å². The number of nitrogens with zero attached hydrogens (tertiary/aromatic N) is 1. The van der Waals surface area contributed by atoms with Crippen molar-refractivity contribution in [1.82, 2.24) is 4.90 Å². The van der Waals surface area contributed by atoms with Crippen molar-refractivity contribution in [3.63, 3.8) is 0 Å². The predicted molar refractivity (Wildman–Crippen MR) is 69.6 cm³/mol. The van der Waals surface area contributed by atoms with E-state index in [1.165, 1.54) is 0 Å². The van der Waals surface area contributed by atoms with Gasteiger partial charge in [-0.05, 0) is 39.2 Å². The first kappa shape index (κ1) is 13.8. The molecule has 18 heavy (non-hydrogen) atoms. The quantitative estimate of drug-likeness (QED) is 0.836. The van der Waals surface area contributed by atoms with Gasteiger partial charge in [0.2, 0.25) is 0 Å². The molecule has 0 aliphatic carbocycles. The van der Waals surface area contributed by atoms with Crippen LogP contribution in [0.4, 0.5) is 0 Å². The van der Waals surface area contributed by atoms with Gasteiger partial charge < -0.3 is 9.84 Å². The summed E-state index contributed by atoms with van der Waals surface area (Å²) in [7, 11) is 0. The molecule has 2 aliphatic heterocycles. The molecular weight excluding hydrogens is 230 g/mol. The van der Waals surface area contributed by atoms with Crippen LogP contribution in [0.3, 0.4) is 0 Å². The van der Waals surface area contributed by atoms with E-state index in [0.717, 1.165) is 45.3 Å². The minimum Gasteiger partial charge on any atom is -0.481 e. The smallest absolute Gasteiger partial charge is 0.310 e. The van der Waals surface area contributed by atoms with Crippen LogP contribution in [0.2, 0.25) is 0 Å². The lowest BCUT2D eigenvalue weighted by Gasteiger charge is -2.43. The number of piperidine rings is 1.